The van der Waals surface area contributed by atoms with Gasteiger partial charge in [-0.05, 0) is 30.9 Å². The van der Waals surface area contributed by atoms with E-state index in [1.165, 1.54) is 11.3 Å². The molecule has 0 N–H and O–H groups in total. The number of aromatic nitrogens is 4. The van der Waals surface area contributed by atoms with Gasteiger partial charge in [0.2, 0.25) is 5.65 Å². The van der Waals surface area contributed by atoms with Crippen molar-refractivity contribution in [1.29, 1.82) is 0 Å². The normalized spacial score (nSPS) is 15.2. The van der Waals surface area contributed by atoms with Crippen molar-refractivity contribution in [2.45, 2.75) is 13.8 Å². The van der Waals surface area contributed by atoms with Crippen molar-refractivity contribution in [3.05, 3.63) is 40.1 Å². The first-order chi connectivity index (χ1) is 11.6. The maximum absolute atomic E-state index is 12.6. The highest BCUT2D eigenvalue weighted by molar-refractivity contribution is 7.12. The second kappa shape index (κ2) is 5.86. The van der Waals surface area contributed by atoms with Gasteiger partial charge >= 0.3 is 0 Å². The molecule has 7 nitrogen and oxygen atoms in total. The molecule has 4 heterocycles. The number of hydrogen-bond donors (Lipinski definition) is 0. The molecule has 1 saturated heterocycles. The van der Waals surface area contributed by atoms with E-state index in [2.05, 4.69) is 20.1 Å². The number of carbonyl (C=O) groups is 1. The second-order valence-electron chi connectivity index (χ2n) is 5.90. The fourth-order valence-corrected chi connectivity index (χ4v) is 3.90. The van der Waals surface area contributed by atoms with Crippen LogP contribution < -0.4 is 4.90 Å². The van der Waals surface area contributed by atoms with Crippen LogP contribution in [0.2, 0.25) is 0 Å². The molecule has 1 amide bonds. The van der Waals surface area contributed by atoms with Crippen LogP contribution in [-0.4, -0.2) is 56.6 Å². The van der Waals surface area contributed by atoms with Gasteiger partial charge in [0.05, 0.1) is 4.88 Å². The summed E-state index contributed by atoms with van der Waals surface area (Å²) in [6.07, 6.45) is 3.64. The average molecular weight is 342 g/mol. The highest BCUT2D eigenvalue weighted by atomic mass is 32.1. The van der Waals surface area contributed by atoms with Gasteiger partial charge in [-0.1, -0.05) is 0 Å². The van der Waals surface area contributed by atoms with Gasteiger partial charge in [-0.25, -0.2) is 4.98 Å². The molecule has 1 aliphatic rings. The molecule has 8 heteroatoms. The Balaban J connectivity index is 1.52. The number of rotatable bonds is 2. The minimum absolute atomic E-state index is 0.131. The Hall–Kier alpha value is -2.48. The van der Waals surface area contributed by atoms with E-state index in [0.717, 1.165) is 40.8 Å². The van der Waals surface area contributed by atoms with Crippen LogP contribution in [0.1, 0.15) is 21.1 Å². The van der Waals surface area contributed by atoms with E-state index < -0.39 is 0 Å². The number of aryl methyl sites for hydroxylation is 2. The molecule has 3 aromatic rings. The molecule has 0 spiro atoms. The van der Waals surface area contributed by atoms with E-state index in [-0.39, 0.29) is 5.91 Å². The molecule has 0 unspecified atom stereocenters. The lowest BCUT2D eigenvalue weighted by Gasteiger charge is -2.35. The van der Waals surface area contributed by atoms with Gasteiger partial charge in [0, 0.05) is 38.6 Å². The van der Waals surface area contributed by atoms with Gasteiger partial charge in [0.15, 0.2) is 5.82 Å². The Morgan fingerprint density at radius 3 is 2.67 bits per heavy atom. The number of carbonyl (C=O) groups excluding carboxylic acids is 1. The topological polar surface area (TPSA) is 66.6 Å². The molecule has 0 radical (unpaired) electrons. The van der Waals surface area contributed by atoms with Crippen LogP contribution in [0.3, 0.4) is 0 Å². The van der Waals surface area contributed by atoms with E-state index in [4.69, 9.17) is 0 Å². The van der Waals surface area contributed by atoms with Crippen molar-refractivity contribution >= 4 is 28.7 Å². The number of nitrogens with zero attached hydrogens (tertiary/aromatic N) is 6. The first kappa shape index (κ1) is 15.1. The molecule has 24 heavy (non-hydrogen) atoms. The zero-order valence-corrected chi connectivity index (χ0v) is 14.5. The standard InChI is InChI=1S/C16H18N6OS/c1-11-3-10-24-13(11)16(23)21-8-6-20(7-9-21)14-15-19-18-12(2)22(15)5-4-17-14/h3-5,10H,6-9H2,1-2H3. The molecule has 1 aliphatic heterocycles. The van der Waals surface area contributed by atoms with E-state index in [1.54, 1.807) is 6.20 Å². The minimum atomic E-state index is 0.131. The Morgan fingerprint density at radius 1 is 1.17 bits per heavy atom. The van der Waals surface area contributed by atoms with Gasteiger partial charge in [-0.3, -0.25) is 9.20 Å². The summed E-state index contributed by atoms with van der Waals surface area (Å²) in [4.78, 5) is 22.0. The zero-order chi connectivity index (χ0) is 16.7. The third kappa shape index (κ3) is 2.43. The van der Waals surface area contributed by atoms with Crippen LogP contribution in [0.4, 0.5) is 5.82 Å². The lowest BCUT2D eigenvalue weighted by Crippen LogP contribution is -2.49. The quantitative estimate of drug-likeness (QED) is 0.710. The summed E-state index contributed by atoms with van der Waals surface area (Å²) in [5.74, 6) is 1.81. The Bertz CT molecular complexity index is 893. The molecule has 0 aromatic carbocycles. The van der Waals surface area contributed by atoms with E-state index >= 15 is 0 Å². The Morgan fingerprint density at radius 2 is 1.96 bits per heavy atom. The van der Waals surface area contributed by atoms with Crippen molar-refractivity contribution in [2.24, 2.45) is 0 Å². The SMILES string of the molecule is Cc1ccsc1C(=O)N1CCN(c2nccn3c(C)nnc23)CC1. The Labute approximate surface area is 143 Å². The summed E-state index contributed by atoms with van der Waals surface area (Å²) in [6, 6.07) is 1.99. The highest BCUT2D eigenvalue weighted by Crippen LogP contribution is 2.22. The monoisotopic (exact) mass is 342 g/mol. The van der Waals surface area contributed by atoms with Gasteiger partial charge in [0.1, 0.15) is 5.82 Å². The third-order valence-corrected chi connectivity index (χ3v) is 5.41. The first-order valence-electron chi connectivity index (χ1n) is 7.90. The van der Waals surface area contributed by atoms with Gasteiger partial charge in [-0.2, -0.15) is 0 Å². The van der Waals surface area contributed by atoms with Crippen molar-refractivity contribution in [3.8, 4) is 0 Å². The summed E-state index contributed by atoms with van der Waals surface area (Å²) in [7, 11) is 0. The van der Waals surface area contributed by atoms with Crippen LogP contribution in [0, 0.1) is 13.8 Å². The molecule has 0 aliphatic carbocycles. The Kier molecular flexibility index (Phi) is 3.68. The summed E-state index contributed by atoms with van der Waals surface area (Å²) < 4.78 is 1.94. The molecule has 0 saturated carbocycles. The summed E-state index contributed by atoms with van der Waals surface area (Å²) >= 11 is 1.51. The smallest absolute Gasteiger partial charge is 0.264 e. The van der Waals surface area contributed by atoms with Gasteiger partial charge < -0.3 is 9.80 Å². The number of piperazine rings is 1. The number of thiophene rings is 1. The largest absolute Gasteiger partial charge is 0.350 e. The zero-order valence-electron chi connectivity index (χ0n) is 13.6. The number of fused-ring (bicyclic) bond motifs is 1. The van der Waals surface area contributed by atoms with Crippen molar-refractivity contribution in [3.63, 3.8) is 0 Å². The van der Waals surface area contributed by atoms with E-state index in [1.807, 2.05) is 40.8 Å². The van der Waals surface area contributed by atoms with Crippen LogP contribution in [0.5, 0.6) is 0 Å². The molecule has 3 aromatic heterocycles. The predicted molar refractivity (Wildman–Crippen MR) is 92.7 cm³/mol. The van der Waals surface area contributed by atoms with Crippen molar-refractivity contribution in [2.75, 3.05) is 31.1 Å². The molecule has 1 fully saturated rings. The van der Waals surface area contributed by atoms with Crippen LogP contribution in [-0.2, 0) is 0 Å². The maximum Gasteiger partial charge on any atom is 0.264 e. The summed E-state index contributed by atoms with van der Waals surface area (Å²) in [5, 5.41) is 10.3. The molecule has 0 bridgehead atoms. The molecular weight excluding hydrogens is 324 g/mol. The number of anilines is 1. The van der Waals surface area contributed by atoms with Gasteiger partial charge in [-0.15, -0.1) is 21.5 Å². The fourth-order valence-electron chi connectivity index (χ4n) is 3.01. The van der Waals surface area contributed by atoms with E-state index in [0.29, 0.717) is 13.1 Å². The van der Waals surface area contributed by atoms with Crippen LogP contribution in [0.15, 0.2) is 23.8 Å². The first-order valence-corrected chi connectivity index (χ1v) is 8.78. The molecular formula is C16H18N6OS. The third-order valence-electron chi connectivity index (χ3n) is 4.40. The lowest BCUT2D eigenvalue weighted by atomic mass is 10.2. The van der Waals surface area contributed by atoms with Crippen LogP contribution >= 0.6 is 11.3 Å². The van der Waals surface area contributed by atoms with Crippen LogP contribution in [0.25, 0.3) is 5.65 Å². The number of hydrogen-bond acceptors (Lipinski definition) is 6. The second-order valence-corrected chi connectivity index (χ2v) is 6.82. The molecule has 0 atom stereocenters. The van der Waals surface area contributed by atoms with Crippen molar-refractivity contribution in [1.82, 2.24) is 24.5 Å². The predicted octanol–water partition coefficient (Wildman–Crippen LogP) is 1.77. The molecule has 124 valence electrons. The highest BCUT2D eigenvalue weighted by Gasteiger charge is 2.25. The summed E-state index contributed by atoms with van der Waals surface area (Å²) in [5.41, 5.74) is 1.82. The lowest BCUT2D eigenvalue weighted by molar-refractivity contribution is 0.0751. The fraction of sp³-hybridized carbons (Fsp3) is 0.375. The van der Waals surface area contributed by atoms with E-state index in [9.17, 15) is 4.79 Å². The molecule has 4 rings (SSSR count). The number of amides is 1. The van der Waals surface area contributed by atoms with Crippen molar-refractivity contribution < 1.29 is 4.79 Å². The minimum Gasteiger partial charge on any atom is -0.350 e. The average Bonchev–Trinajstić information content (AvgIpc) is 3.20. The summed E-state index contributed by atoms with van der Waals surface area (Å²) in [6.45, 7) is 6.77. The van der Waals surface area contributed by atoms with Gasteiger partial charge in [0.25, 0.3) is 5.91 Å². The maximum atomic E-state index is 12.6.